The van der Waals surface area contributed by atoms with E-state index in [4.69, 9.17) is 10.5 Å². The van der Waals surface area contributed by atoms with Crippen LogP contribution in [0.25, 0.3) is 0 Å². The zero-order valence-electron chi connectivity index (χ0n) is 8.11. The number of pyridine rings is 1. The third-order valence-corrected chi connectivity index (χ3v) is 1.69. The largest absolute Gasteiger partial charge is 0.481 e. The number of methoxy groups -OCH3 is 2. The molecule has 0 amide bonds. The predicted octanol–water partition coefficient (Wildman–Crippen LogP) is 0.336. The Kier molecular flexibility index (Phi) is 3.41. The summed E-state index contributed by atoms with van der Waals surface area (Å²) in [6, 6.07) is 3.08. The maximum absolute atomic E-state index is 11.2. The maximum Gasteiger partial charge on any atom is 0.338 e. The molecule has 1 aromatic rings. The number of ether oxygens (including phenoxy) is 2. The van der Waals surface area contributed by atoms with E-state index in [1.807, 2.05) is 0 Å². The van der Waals surface area contributed by atoms with Crippen molar-refractivity contribution in [3.8, 4) is 5.88 Å². The highest BCUT2D eigenvalue weighted by molar-refractivity contribution is 5.89. The lowest BCUT2D eigenvalue weighted by atomic mass is 10.2. The van der Waals surface area contributed by atoms with Crippen LogP contribution in [-0.4, -0.2) is 25.2 Å². The highest BCUT2D eigenvalue weighted by Crippen LogP contribution is 2.12. The molecular weight excluding hydrogens is 184 g/mol. The first kappa shape index (κ1) is 10.5. The molecule has 0 spiro atoms. The molecule has 0 unspecified atom stereocenters. The summed E-state index contributed by atoms with van der Waals surface area (Å²) in [5.41, 5.74) is 6.39. The Hall–Kier alpha value is -1.62. The Morgan fingerprint density at radius 1 is 1.50 bits per heavy atom. The fraction of sp³-hybridized carbons (Fsp3) is 0.333. The Morgan fingerprint density at radius 3 is 2.71 bits per heavy atom. The number of nitrogens with zero attached hydrogens (tertiary/aromatic N) is 1. The topological polar surface area (TPSA) is 74.4 Å². The summed E-state index contributed by atoms with van der Waals surface area (Å²) in [5.74, 6) is -0.0752. The van der Waals surface area contributed by atoms with Crippen LogP contribution in [-0.2, 0) is 11.3 Å². The molecule has 5 heteroatoms. The minimum Gasteiger partial charge on any atom is -0.481 e. The smallest absolute Gasteiger partial charge is 0.338 e. The van der Waals surface area contributed by atoms with Crippen molar-refractivity contribution in [3.63, 3.8) is 0 Å². The number of carbonyl (C=O) groups is 1. The molecule has 1 heterocycles. The monoisotopic (exact) mass is 196 g/mol. The predicted molar refractivity (Wildman–Crippen MR) is 50.0 cm³/mol. The minimum absolute atomic E-state index is 0.251. The summed E-state index contributed by atoms with van der Waals surface area (Å²) in [6.07, 6.45) is 0. The van der Waals surface area contributed by atoms with Crippen molar-refractivity contribution in [2.24, 2.45) is 5.73 Å². The van der Waals surface area contributed by atoms with E-state index in [0.29, 0.717) is 17.1 Å². The quantitative estimate of drug-likeness (QED) is 0.705. The van der Waals surface area contributed by atoms with Gasteiger partial charge in [0.15, 0.2) is 0 Å². The number of nitrogens with two attached hydrogens (primary N) is 1. The first-order valence-corrected chi connectivity index (χ1v) is 4.04. The van der Waals surface area contributed by atoms with Crippen molar-refractivity contribution in [1.29, 1.82) is 0 Å². The Morgan fingerprint density at radius 2 is 2.21 bits per heavy atom. The Labute approximate surface area is 81.8 Å². The zero-order chi connectivity index (χ0) is 10.6. The molecule has 76 valence electrons. The van der Waals surface area contributed by atoms with Gasteiger partial charge in [-0.1, -0.05) is 0 Å². The van der Waals surface area contributed by atoms with Gasteiger partial charge >= 0.3 is 5.97 Å². The first-order chi connectivity index (χ1) is 6.71. The van der Waals surface area contributed by atoms with Crippen LogP contribution in [0.2, 0.25) is 0 Å². The summed E-state index contributed by atoms with van der Waals surface area (Å²) in [5, 5.41) is 0. The highest BCUT2D eigenvalue weighted by Gasteiger charge is 2.09. The number of esters is 1. The van der Waals surface area contributed by atoms with Gasteiger partial charge in [0.2, 0.25) is 5.88 Å². The summed E-state index contributed by atoms with van der Waals surface area (Å²) in [7, 11) is 2.79. The molecule has 1 rings (SSSR count). The summed E-state index contributed by atoms with van der Waals surface area (Å²) < 4.78 is 9.49. The maximum atomic E-state index is 11.2. The van der Waals surface area contributed by atoms with E-state index < -0.39 is 5.97 Å². The van der Waals surface area contributed by atoms with Crippen LogP contribution in [0.3, 0.4) is 0 Å². The van der Waals surface area contributed by atoms with Crippen molar-refractivity contribution in [3.05, 3.63) is 23.4 Å². The van der Waals surface area contributed by atoms with Gasteiger partial charge in [-0.15, -0.1) is 0 Å². The molecule has 0 saturated carbocycles. The fourth-order valence-electron chi connectivity index (χ4n) is 1.01. The molecular formula is C9H12N2O3. The highest BCUT2D eigenvalue weighted by atomic mass is 16.5. The van der Waals surface area contributed by atoms with Gasteiger partial charge in [0, 0.05) is 12.6 Å². The van der Waals surface area contributed by atoms with Crippen LogP contribution in [0, 0.1) is 0 Å². The lowest BCUT2D eigenvalue weighted by molar-refractivity contribution is 0.0600. The second-order valence-corrected chi connectivity index (χ2v) is 2.59. The van der Waals surface area contributed by atoms with Crippen molar-refractivity contribution in [2.75, 3.05) is 14.2 Å². The standard InChI is InChI=1S/C9H12N2O3/c1-13-8-4-6(9(12)14-2)3-7(5-10)11-8/h3-4H,5,10H2,1-2H3. The SMILES string of the molecule is COC(=O)c1cc(CN)nc(OC)c1. The van der Waals surface area contributed by atoms with Gasteiger partial charge < -0.3 is 15.2 Å². The fourth-order valence-corrected chi connectivity index (χ4v) is 1.01. The van der Waals surface area contributed by atoms with E-state index >= 15 is 0 Å². The zero-order valence-corrected chi connectivity index (χ0v) is 8.11. The van der Waals surface area contributed by atoms with Crippen molar-refractivity contribution < 1.29 is 14.3 Å². The van der Waals surface area contributed by atoms with Gasteiger partial charge in [-0.05, 0) is 6.07 Å². The van der Waals surface area contributed by atoms with Crippen LogP contribution in [0.4, 0.5) is 0 Å². The van der Waals surface area contributed by atoms with Crippen molar-refractivity contribution >= 4 is 5.97 Å². The molecule has 1 aromatic heterocycles. The van der Waals surface area contributed by atoms with E-state index in [1.54, 1.807) is 6.07 Å². The average molecular weight is 196 g/mol. The molecule has 0 saturated heterocycles. The summed E-state index contributed by atoms with van der Waals surface area (Å²) >= 11 is 0. The number of hydrogen-bond acceptors (Lipinski definition) is 5. The van der Waals surface area contributed by atoms with Crippen molar-refractivity contribution in [1.82, 2.24) is 4.98 Å². The van der Waals surface area contributed by atoms with E-state index in [1.165, 1.54) is 20.3 Å². The van der Waals surface area contributed by atoms with E-state index in [-0.39, 0.29) is 6.54 Å². The average Bonchev–Trinajstić information content (AvgIpc) is 2.27. The van der Waals surface area contributed by atoms with Crippen molar-refractivity contribution in [2.45, 2.75) is 6.54 Å². The lowest BCUT2D eigenvalue weighted by Gasteiger charge is -2.05. The van der Waals surface area contributed by atoms with Crippen LogP contribution >= 0.6 is 0 Å². The van der Waals surface area contributed by atoms with Crippen LogP contribution < -0.4 is 10.5 Å². The Bertz CT molecular complexity index is 317. The number of carbonyl (C=O) groups excluding carboxylic acids is 1. The number of rotatable bonds is 3. The second kappa shape index (κ2) is 4.57. The molecule has 0 bridgehead atoms. The number of aromatic nitrogens is 1. The van der Waals surface area contributed by atoms with Gasteiger partial charge in [-0.3, -0.25) is 0 Å². The molecule has 0 aliphatic rings. The van der Waals surface area contributed by atoms with Crippen LogP contribution in [0.5, 0.6) is 5.88 Å². The Balaban J connectivity index is 3.10. The van der Waals surface area contributed by atoms with E-state index in [2.05, 4.69) is 9.72 Å². The van der Waals surface area contributed by atoms with E-state index in [0.717, 1.165) is 0 Å². The molecule has 0 radical (unpaired) electrons. The molecule has 0 aromatic carbocycles. The molecule has 0 aliphatic carbocycles. The molecule has 2 N–H and O–H groups in total. The van der Waals surface area contributed by atoms with Gasteiger partial charge in [-0.2, -0.15) is 0 Å². The van der Waals surface area contributed by atoms with Crippen LogP contribution in [0.1, 0.15) is 16.1 Å². The van der Waals surface area contributed by atoms with Gasteiger partial charge in [0.25, 0.3) is 0 Å². The second-order valence-electron chi connectivity index (χ2n) is 2.59. The summed E-state index contributed by atoms with van der Waals surface area (Å²) in [6.45, 7) is 0.251. The van der Waals surface area contributed by atoms with Gasteiger partial charge in [-0.25, -0.2) is 9.78 Å². The van der Waals surface area contributed by atoms with Gasteiger partial charge in [0.05, 0.1) is 25.5 Å². The molecule has 14 heavy (non-hydrogen) atoms. The lowest BCUT2D eigenvalue weighted by Crippen LogP contribution is -2.07. The molecule has 0 aliphatic heterocycles. The minimum atomic E-state index is -0.430. The van der Waals surface area contributed by atoms with Crippen LogP contribution in [0.15, 0.2) is 12.1 Å². The number of hydrogen-bond donors (Lipinski definition) is 1. The third kappa shape index (κ3) is 2.20. The molecule has 5 nitrogen and oxygen atoms in total. The summed E-state index contributed by atoms with van der Waals surface area (Å²) in [4.78, 5) is 15.2. The normalized spacial score (nSPS) is 9.64. The third-order valence-electron chi connectivity index (χ3n) is 1.69. The van der Waals surface area contributed by atoms with Gasteiger partial charge in [0.1, 0.15) is 0 Å². The molecule has 0 fully saturated rings. The first-order valence-electron chi connectivity index (χ1n) is 4.04. The molecule has 0 atom stereocenters. The van der Waals surface area contributed by atoms with E-state index in [9.17, 15) is 4.79 Å².